The van der Waals surface area contributed by atoms with E-state index in [1.165, 1.54) is 0 Å². The van der Waals surface area contributed by atoms with E-state index in [-0.39, 0.29) is 37.1 Å². The van der Waals surface area contributed by atoms with Crippen molar-refractivity contribution in [3.05, 3.63) is 11.6 Å². The molecule has 2 rings (SSSR count). The van der Waals surface area contributed by atoms with E-state index in [2.05, 4.69) is 0 Å². The number of aliphatic hydroxyl groups excluding tert-OH is 2. The van der Waals surface area contributed by atoms with E-state index in [1.807, 2.05) is 0 Å². The third-order valence-electron chi connectivity index (χ3n) is 4.01. The number of carbonyl (C=O) groups is 2. The predicted molar refractivity (Wildman–Crippen MR) is 75.5 cm³/mol. The molecule has 6 nitrogen and oxygen atoms in total. The second kappa shape index (κ2) is 7.68. The van der Waals surface area contributed by atoms with Crippen molar-refractivity contribution in [3.8, 4) is 0 Å². The maximum absolute atomic E-state index is 12.2. The fraction of sp³-hybridized carbons (Fsp3) is 0.733. The third kappa shape index (κ3) is 4.62. The first-order valence-corrected chi connectivity index (χ1v) is 7.46. The van der Waals surface area contributed by atoms with Crippen molar-refractivity contribution in [1.82, 2.24) is 4.90 Å². The van der Waals surface area contributed by atoms with Crippen LogP contribution in [-0.4, -0.2) is 65.8 Å². The lowest BCUT2D eigenvalue weighted by Crippen LogP contribution is -2.41. The van der Waals surface area contributed by atoms with Gasteiger partial charge in [-0.2, -0.15) is 0 Å². The standard InChI is InChI=1S/C15H23NO5/c17-10-11(7-12-1-2-13(18)9-14(12)19)8-15(20)16-3-5-21-6-4-16/h1,11,13,17-18H,2-10H2. The molecule has 1 aliphatic carbocycles. The van der Waals surface area contributed by atoms with E-state index in [4.69, 9.17) is 4.74 Å². The molecular formula is C15H23NO5. The summed E-state index contributed by atoms with van der Waals surface area (Å²) >= 11 is 0. The summed E-state index contributed by atoms with van der Waals surface area (Å²) in [6.07, 6.45) is 2.39. The summed E-state index contributed by atoms with van der Waals surface area (Å²) in [5.74, 6) is -0.321. The first kappa shape index (κ1) is 16.1. The average Bonchev–Trinajstić information content (AvgIpc) is 2.49. The molecule has 2 N–H and O–H groups in total. The molecule has 0 bridgehead atoms. The maximum atomic E-state index is 12.2. The number of carbonyl (C=O) groups excluding carboxylic acids is 2. The lowest BCUT2D eigenvalue weighted by Gasteiger charge is -2.28. The molecule has 0 aromatic heterocycles. The van der Waals surface area contributed by atoms with Gasteiger partial charge in [-0.3, -0.25) is 9.59 Å². The highest BCUT2D eigenvalue weighted by Crippen LogP contribution is 2.23. The topological polar surface area (TPSA) is 87.1 Å². The van der Waals surface area contributed by atoms with Crippen LogP contribution in [0.2, 0.25) is 0 Å². The maximum Gasteiger partial charge on any atom is 0.223 e. The van der Waals surface area contributed by atoms with Gasteiger partial charge in [-0.25, -0.2) is 0 Å². The molecule has 0 radical (unpaired) electrons. The SMILES string of the molecule is O=C1CC(O)CC=C1CC(CO)CC(=O)N1CCOCC1. The molecule has 2 aliphatic rings. The summed E-state index contributed by atoms with van der Waals surface area (Å²) in [5, 5.41) is 18.9. The Morgan fingerprint density at radius 2 is 2.14 bits per heavy atom. The zero-order chi connectivity index (χ0) is 15.2. The van der Waals surface area contributed by atoms with E-state index >= 15 is 0 Å². The van der Waals surface area contributed by atoms with E-state index < -0.39 is 6.10 Å². The molecule has 0 aromatic carbocycles. The molecule has 1 fully saturated rings. The van der Waals surface area contributed by atoms with Crippen molar-refractivity contribution in [2.24, 2.45) is 5.92 Å². The molecule has 1 heterocycles. The number of Topliss-reactive ketones (excluding diaryl/α,β-unsaturated/α-hetero) is 1. The van der Waals surface area contributed by atoms with Crippen molar-refractivity contribution < 1.29 is 24.5 Å². The minimum atomic E-state index is -0.594. The first-order chi connectivity index (χ1) is 10.1. The number of aliphatic hydroxyl groups is 2. The number of amides is 1. The van der Waals surface area contributed by atoms with Crippen molar-refractivity contribution in [1.29, 1.82) is 0 Å². The van der Waals surface area contributed by atoms with Crippen LogP contribution in [0.3, 0.4) is 0 Å². The minimum Gasteiger partial charge on any atom is -0.396 e. The average molecular weight is 297 g/mol. The summed E-state index contributed by atoms with van der Waals surface area (Å²) < 4.78 is 5.21. The summed E-state index contributed by atoms with van der Waals surface area (Å²) in [6.45, 7) is 2.16. The van der Waals surface area contributed by atoms with Gasteiger partial charge >= 0.3 is 0 Å². The fourth-order valence-electron chi connectivity index (χ4n) is 2.72. The van der Waals surface area contributed by atoms with Crippen molar-refractivity contribution in [2.45, 2.75) is 31.8 Å². The molecule has 1 saturated heterocycles. The summed E-state index contributed by atoms with van der Waals surface area (Å²) in [4.78, 5) is 25.7. The zero-order valence-electron chi connectivity index (χ0n) is 12.2. The lowest BCUT2D eigenvalue weighted by molar-refractivity contribution is -0.136. The van der Waals surface area contributed by atoms with E-state index in [0.717, 1.165) is 0 Å². The van der Waals surface area contributed by atoms with Gasteiger partial charge in [-0.15, -0.1) is 0 Å². The van der Waals surface area contributed by atoms with E-state index in [0.29, 0.717) is 44.7 Å². The number of hydrogen-bond acceptors (Lipinski definition) is 5. The molecule has 0 aromatic rings. The molecule has 118 valence electrons. The smallest absolute Gasteiger partial charge is 0.223 e. The van der Waals surface area contributed by atoms with Crippen LogP contribution in [0.15, 0.2) is 11.6 Å². The predicted octanol–water partition coefficient (Wildman–Crippen LogP) is -0.116. The number of rotatable bonds is 5. The second-order valence-electron chi connectivity index (χ2n) is 5.70. The van der Waals surface area contributed by atoms with Crippen LogP contribution in [0.5, 0.6) is 0 Å². The zero-order valence-corrected chi connectivity index (χ0v) is 12.2. The van der Waals surface area contributed by atoms with Crippen LogP contribution >= 0.6 is 0 Å². The molecule has 0 spiro atoms. The van der Waals surface area contributed by atoms with Crippen molar-refractivity contribution >= 4 is 11.7 Å². The molecule has 1 aliphatic heterocycles. The highest BCUT2D eigenvalue weighted by molar-refractivity contribution is 5.96. The molecule has 6 heteroatoms. The van der Waals surface area contributed by atoms with Gasteiger partial charge in [0.05, 0.1) is 19.3 Å². The Kier molecular flexibility index (Phi) is 5.90. The second-order valence-corrected chi connectivity index (χ2v) is 5.70. The highest BCUT2D eigenvalue weighted by Gasteiger charge is 2.25. The van der Waals surface area contributed by atoms with Gasteiger partial charge < -0.3 is 19.8 Å². The Morgan fingerprint density at radius 3 is 2.76 bits per heavy atom. The number of morpholine rings is 1. The van der Waals surface area contributed by atoms with E-state index in [9.17, 15) is 19.8 Å². The lowest BCUT2D eigenvalue weighted by atomic mass is 9.88. The van der Waals surface area contributed by atoms with Gasteiger partial charge in [0.25, 0.3) is 0 Å². The largest absolute Gasteiger partial charge is 0.396 e. The van der Waals surface area contributed by atoms with Crippen molar-refractivity contribution in [2.75, 3.05) is 32.9 Å². The third-order valence-corrected chi connectivity index (χ3v) is 4.01. The van der Waals surface area contributed by atoms with Gasteiger partial charge in [-0.05, 0) is 24.3 Å². The number of nitrogens with zero attached hydrogens (tertiary/aromatic N) is 1. The number of ether oxygens (including phenoxy) is 1. The Hall–Kier alpha value is -1.24. The van der Waals surface area contributed by atoms with Gasteiger partial charge in [0.2, 0.25) is 5.91 Å². The Bertz CT molecular complexity index is 414. The number of ketones is 1. The normalized spacial score (nSPS) is 24.7. The highest BCUT2D eigenvalue weighted by atomic mass is 16.5. The van der Waals surface area contributed by atoms with Gasteiger partial charge in [0.1, 0.15) is 0 Å². The molecule has 21 heavy (non-hydrogen) atoms. The van der Waals surface area contributed by atoms with E-state index in [1.54, 1.807) is 11.0 Å². The molecule has 1 amide bonds. The van der Waals surface area contributed by atoms with Crippen LogP contribution in [0.25, 0.3) is 0 Å². The van der Waals surface area contributed by atoms with Crippen LogP contribution in [0.4, 0.5) is 0 Å². The first-order valence-electron chi connectivity index (χ1n) is 7.46. The van der Waals surface area contributed by atoms with Crippen LogP contribution in [0.1, 0.15) is 25.7 Å². The Balaban J connectivity index is 1.87. The minimum absolute atomic E-state index is 0.00115. The van der Waals surface area contributed by atoms with Gasteiger partial charge in [0, 0.05) is 32.5 Å². The summed E-state index contributed by atoms with van der Waals surface area (Å²) in [7, 11) is 0. The molecule has 2 atom stereocenters. The number of hydrogen-bond donors (Lipinski definition) is 2. The molecular weight excluding hydrogens is 274 g/mol. The van der Waals surface area contributed by atoms with Crippen LogP contribution < -0.4 is 0 Å². The fourth-order valence-corrected chi connectivity index (χ4v) is 2.72. The monoisotopic (exact) mass is 297 g/mol. The Morgan fingerprint density at radius 1 is 1.43 bits per heavy atom. The van der Waals surface area contributed by atoms with Gasteiger partial charge in [-0.1, -0.05) is 6.08 Å². The van der Waals surface area contributed by atoms with Crippen molar-refractivity contribution in [3.63, 3.8) is 0 Å². The summed E-state index contributed by atoms with van der Waals surface area (Å²) in [6, 6.07) is 0. The van der Waals surface area contributed by atoms with Crippen LogP contribution in [-0.2, 0) is 14.3 Å². The molecule has 2 unspecified atom stereocenters. The van der Waals surface area contributed by atoms with Crippen LogP contribution in [0, 0.1) is 5.92 Å². The quantitative estimate of drug-likeness (QED) is 0.739. The van der Waals surface area contributed by atoms with Gasteiger partial charge in [0.15, 0.2) is 5.78 Å². The molecule has 0 saturated carbocycles. The Labute approximate surface area is 124 Å². The number of allylic oxidation sites excluding steroid dienone is 1. The summed E-state index contributed by atoms with van der Waals surface area (Å²) in [5.41, 5.74) is 0.633.